The lowest BCUT2D eigenvalue weighted by atomic mass is 9.84. The molecule has 346 valence electrons. The molecule has 0 aliphatic rings. The molecule has 0 aliphatic heterocycles. The van der Waals surface area contributed by atoms with E-state index in [0.717, 1.165) is 78.4 Å². The van der Waals surface area contributed by atoms with E-state index in [1.54, 1.807) is 0 Å². The molecule has 0 unspecified atom stereocenters. The maximum Gasteiger partial charge on any atom is 0.0715 e. The van der Waals surface area contributed by atoms with Gasteiger partial charge in [-0.25, -0.2) is 9.97 Å². The van der Waals surface area contributed by atoms with Gasteiger partial charge in [0.1, 0.15) is 0 Å². The van der Waals surface area contributed by atoms with E-state index in [1.807, 2.05) is 24.3 Å². The zero-order valence-corrected chi connectivity index (χ0v) is 40.6. The van der Waals surface area contributed by atoms with Gasteiger partial charge in [0, 0.05) is 22.3 Å². The van der Waals surface area contributed by atoms with Crippen LogP contribution in [-0.2, 0) is 0 Å². The van der Waals surface area contributed by atoms with Gasteiger partial charge in [0.2, 0.25) is 0 Å². The average Bonchev–Trinajstić information content (AvgIpc) is 3.49. The predicted molar refractivity (Wildman–Crippen MR) is 311 cm³/mol. The van der Waals surface area contributed by atoms with E-state index in [0.29, 0.717) is 0 Å². The molecule has 0 radical (unpaired) electrons. The van der Waals surface area contributed by atoms with Crippen LogP contribution in [0.15, 0.2) is 291 Å². The van der Waals surface area contributed by atoms with Crippen LogP contribution in [0.2, 0.25) is 0 Å². The number of rotatable bonds is 10. The molecule has 0 saturated heterocycles. The minimum absolute atomic E-state index is 0.956. The topological polar surface area (TPSA) is 25.8 Å². The first kappa shape index (κ1) is 44.2. The van der Waals surface area contributed by atoms with E-state index in [1.165, 1.54) is 54.9 Å². The lowest BCUT2D eigenvalue weighted by Crippen LogP contribution is -1.93. The molecule has 2 nitrogen and oxygen atoms in total. The van der Waals surface area contributed by atoms with Crippen molar-refractivity contribution in [3.63, 3.8) is 0 Å². The smallest absolute Gasteiger partial charge is 0.0715 e. The summed E-state index contributed by atoms with van der Waals surface area (Å²) in [6, 6.07) is 105. The molecule has 0 amide bonds. The molecule has 0 fully saturated rings. The molecule has 2 heteroatoms. The largest absolute Gasteiger partial charge is 0.248 e. The number of fused-ring (bicyclic) bond motifs is 2. The van der Waals surface area contributed by atoms with Gasteiger partial charge in [-0.3, -0.25) is 0 Å². The van der Waals surface area contributed by atoms with Crippen molar-refractivity contribution in [1.82, 2.24) is 9.97 Å². The normalized spacial score (nSPS) is 11.2. The van der Waals surface area contributed by atoms with Crippen LogP contribution in [0.4, 0.5) is 0 Å². The lowest BCUT2D eigenvalue weighted by molar-refractivity contribution is 1.32. The van der Waals surface area contributed by atoms with Crippen molar-refractivity contribution in [3.05, 3.63) is 291 Å². The molecule has 0 spiro atoms. The highest BCUT2D eigenvalue weighted by Crippen LogP contribution is 2.46. The number of pyridine rings is 2. The molecule has 11 aromatic carbocycles. The Morgan fingerprint density at radius 3 is 0.649 bits per heavy atom. The van der Waals surface area contributed by atoms with Gasteiger partial charge in [-0.15, -0.1) is 0 Å². The average molecular weight is 941 g/mol. The quantitative estimate of drug-likeness (QED) is 0.128. The first-order valence-electron chi connectivity index (χ1n) is 25.3. The summed E-state index contributed by atoms with van der Waals surface area (Å²) < 4.78 is 0. The van der Waals surface area contributed by atoms with Crippen LogP contribution in [0.3, 0.4) is 0 Å². The van der Waals surface area contributed by atoms with E-state index in [4.69, 9.17) is 9.97 Å². The van der Waals surface area contributed by atoms with Gasteiger partial charge in [0.25, 0.3) is 0 Å². The summed E-state index contributed by atoms with van der Waals surface area (Å²) in [4.78, 5) is 10.3. The first-order valence-corrected chi connectivity index (χ1v) is 25.3. The molecule has 0 N–H and O–H groups in total. The fourth-order valence-electron chi connectivity index (χ4n) is 10.6. The highest BCUT2D eigenvalue weighted by atomic mass is 14.7. The Balaban J connectivity index is 0.915. The SMILES string of the molecule is c1ccc(-c2cc(-c3ccc(-c4ccc5c(-c6ccccc6)c6cc(-c7ccc(-c8cc(-c9ccccc9)nc(-c9ccccc9)c8)cc7)ccc6c(-c6ccccc6)c5c4)cc3)cc(-c3ccccc3)n2)cc1. The summed E-state index contributed by atoms with van der Waals surface area (Å²) in [7, 11) is 0. The van der Waals surface area contributed by atoms with Crippen LogP contribution in [-0.4, -0.2) is 9.97 Å². The van der Waals surface area contributed by atoms with E-state index in [2.05, 4.69) is 267 Å². The van der Waals surface area contributed by atoms with E-state index >= 15 is 0 Å². The molecular formula is C72H48N2. The van der Waals surface area contributed by atoms with Crippen molar-refractivity contribution >= 4 is 21.5 Å². The zero-order chi connectivity index (χ0) is 49.2. The van der Waals surface area contributed by atoms with E-state index < -0.39 is 0 Å². The van der Waals surface area contributed by atoms with Crippen molar-refractivity contribution in [3.8, 4) is 112 Å². The van der Waals surface area contributed by atoms with E-state index in [9.17, 15) is 0 Å². The van der Waals surface area contributed by atoms with Gasteiger partial charge in [-0.1, -0.05) is 255 Å². The van der Waals surface area contributed by atoms with Crippen LogP contribution in [0.5, 0.6) is 0 Å². The van der Waals surface area contributed by atoms with E-state index in [-0.39, 0.29) is 0 Å². The molecule has 2 aromatic heterocycles. The highest BCUT2D eigenvalue weighted by molar-refractivity contribution is 6.22. The van der Waals surface area contributed by atoms with Crippen LogP contribution in [0.1, 0.15) is 0 Å². The summed E-state index contributed by atoms with van der Waals surface area (Å²) in [6.07, 6.45) is 0. The summed E-state index contributed by atoms with van der Waals surface area (Å²) in [6.45, 7) is 0. The maximum atomic E-state index is 5.13. The molecule has 13 rings (SSSR count). The fourth-order valence-corrected chi connectivity index (χ4v) is 10.6. The number of hydrogen-bond donors (Lipinski definition) is 0. The molecule has 13 aromatic rings. The monoisotopic (exact) mass is 940 g/mol. The Bertz CT molecular complexity index is 3710. The fraction of sp³-hybridized carbons (Fsp3) is 0. The minimum Gasteiger partial charge on any atom is -0.248 e. The van der Waals surface area contributed by atoms with Crippen LogP contribution in [0.25, 0.3) is 133 Å². The Morgan fingerprint density at radius 1 is 0.149 bits per heavy atom. The number of hydrogen-bond acceptors (Lipinski definition) is 2. The Hall–Kier alpha value is -9.76. The molecule has 0 saturated carbocycles. The van der Waals surface area contributed by atoms with Gasteiger partial charge >= 0.3 is 0 Å². The number of aromatic nitrogens is 2. The summed E-state index contributed by atoms with van der Waals surface area (Å²) >= 11 is 0. The summed E-state index contributed by atoms with van der Waals surface area (Å²) in [5.41, 5.74) is 22.3. The van der Waals surface area contributed by atoms with Gasteiger partial charge in [-0.2, -0.15) is 0 Å². The summed E-state index contributed by atoms with van der Waals surface area (Å²) in [5.74, 6) is 0. The third-order valence-electron chi connectivity index (χ3n) is 14.3. The molecule has 0 bridgehead atoms. The van der Waals surface area contributed by atoms with Crippen molar-refractivity contribution in [1.29, 1.82) is 0 Å². The number of benzene rings is 11. The zero-order valence-electron chi connectivity index (χ0n) is 40.6. The molecule has 2 heterocycles. The first-order chi connectivity index (χ1) is 36.7. The maximum absolute atomic E-state index is 5.13. The second-order valence-corrected chi connectivity index (χ2v) is 18.9. The van der Waals surface area contributed by atoms with Gasteiger partial charge in [-0.05, 0) is 125 Å². The Morgan fingerprint density at radius 2 is 0.378 bits per heavy atom. The Kier molecular flexibility index (Phi) is 11.6. The second-order valence-electron chi connectivity index (χ2n) is 18.9. The van der Waals surface area contributed by atoms with Crippen LogP contribution in [0, 0.1) is 0 Å². The highest BCUT2D eigenvalue weighted by Gasteiger charge is 2.19. The second kappa shape index (κ2) is 19.4. The lowest BCUT2D eigenvalue weighted by Gasteiger charge is -2.20. The molecular weight excluding hydrogens is 893 g/mol. The Labute approximate surface area is 432 Å². The molecule has 74 heavy (non-hydrogen) atoms. The van der Waals surface area contributed by atoms with Crippen LogP contribution < -0.4 is 0 Å². The van der Waals surface area contributed by atoms with Crippen LogP contribution >= 0.6 is 0 Å². The van der Waals surface area contributed by atoms with Crippen molar-refractivity contribution in [2.24, 2.45) is 0 Å². The standard InChI is InChI=1S/C72H48N2/c1-7-19-53(20-8-1)67-45-61(46-68(73-67)54-21-9-2-10-22-54)51-35-31-49(32-36-51)59-39-41-63-65(43-59)71(57-27-15-5-16-28-57)64-42-40-60(44-66(64)72(63)58-29-17-6-18-30-58)50-33-37-52(38-34-50)62-47-69(55-23-11-3-12-24-55)74-70(48-62)56-25-13-4-14-26-56/h1-48H. The number of nitrogens with zero attached hydrogens (tertiary/aromatic N) is 2. The van der Waals surface area contributed by atoms with Gasteiger partial charge < -0.3 is 0 Å². The molecule has 0 atom stereocenters. The third-order valence-corrected chi connectivity index (χ3v) is 14.3. The molecule has 0 aliphatic carbocycles. The minimum atomic E-state index is 0.956. The van der Waals surface area contributed by atoms with Crippen molar-refractivity contribution in [2.45, 2.75) is 0 Å². The van der Waals surface area contributed by atoms with Gasteiger partial charge in [0.05, 0.1) is 22.8 Å². The third kappa shape index (κ3) is 8.65. The summed E-state index contributed by atoms with van der Waals surface area (Å²) in [5, 5.41) is 4.88. The van der Waals surface area contributed by atoms with Crippen molar-refractivity contribution in [2.75, 3.05) is 0 Å². The van der Waals surface area contributed by atoms with Crippen molar-refractivity contribution < 1.29 is 0 Å². The predicted octanol–water partition coefficient (Wildman–Crippen LogP) is 19.5. The van der Waals surface area contributed by atoms with Gasteiger partial charge in [0.15, 0.2) is 0 Å².